The van der Waals surface area contributed by atoms with Gasteiger partial charge in [-0.3, -0.25) is 9.59 Å². The van der Waals surface area contributed by atoms with Gasteiger partial charge in [0.2, 0.25) is 11.8 Å². The van der Waals surface area contributed by atoms with E-state index in [0.717, 1.165) is 12.8 Å². The molecule has 0 saturated carbocycles. The molecule has 116 valence electrons. The van der Waals surface area contributed by atoms with Gasteiger partial charge in [-0.2, -0.15) is 0 Å². The van der Waals surface area contributed by atoms with Crippen molar-refractivity contribution in [1.29, 1.82) is 0 Å². The lowest BCUT2D eigenvalue weighted by molar-refractivity contribution is -0.144. The highest BCUT2D eigenvalue weighted by Crippen LogP contribution is 2.12. The fourth-order valence-corrected chi connectivity index (χ4v) is 2.32. The molecule has 0 bridgehead atoms. The molecule has 1 heterocycles. The summed E-state index contributed by atoms with van der Waals surface area (Å²) >= 11 is 0. The molecule has 0 aliphatic carbocycles. The Morgan fingerprint density at radius 2 is 1.95 bits per heavy atom. The zero-order valence-corrected chi connectivity index (χ0v) is 13.1. The Labute approximate surface area is 122 Å². The first-order valence-electron chi connectivity index (χ1n) is 7.60. The third kappa shape index (κ3) is 5.90. The van der Waals surface area contributed by atoms with Crippen LogP contribution in [0.25, 0.3) is 0 Å². The number of hydrogen-bond donors (Lipinski definition) is 1. The molecule has 1 unspecified atom stereocenters. The summed E-state index contributed by atoms with van der Waals surface area (Å²) in [6.07, 6.45) is 2.74. The quantitative estimate of drug-likeness (QED) is 0.688. The molecule has 0 radical (unpaired) electrons. The molecule has 0 aromatic heterocycles. The molecule has 2 amide bonds. The van der Waals surface area contributed by atoms with Gasteiger partial charge in [0.25, 0.3) is 0 Å². The first kappa shape index (κ1) is 17.0. The monoisotopic (exact) mass is 284 g/mol. The minimum Gasteiger partial charge on any atom is -0.379 e. The first-order chi connectivity index (χ1) is 9.40. The van der Waals surface area contributed by atoms with E-state index in [4.69, 9.17) is 4.74 Å². The van der Waals surface area contributed by atoms with E-state index in [2.05, 4.69) is 19.2 Å². The van der Waals surface area contributed by atoms with Crippen molar-refractivity contribution >= 4 is 11.8 Å². The summed E-state index contributed by atoms with van der Waals surface area (Å²) < 4.78 is 5.47. The van der Waals surface area contributed by atoms with Crippen molar-refractivity contribution < 1.29 is 14.3 Å². The highest BCUT2D eigenvalue weighted by molar-refractivity contribution is 5.94. The van der Waals surface area contributed by atoms with Gasteiger partial charge in [0.1, 0.15) is 6.04 Å². The van der Waals surface area contributed by atoms with Crippen LogP contribution in [0.3, 0.4) is 0 Å². The van der Waals surface area contributed by atoms with E-state index in [1.54, 1.807) is 4.90 Å². The Morgan fingerprint density at radius 3 is 2.55 bits per heavy atom. The van der Waals surface area contributed by atoms with E-state index in [-0.39, 0.29) is 30.5 Å². The van der Waals surface area contributed by atoms with E-state index >= 15 is 0 Å². The molecule has 1 N–H and O–H groups in total. The van der Waals surface area contributed by atoms with Gasteiger partial charge in [-0.15, -0.1) is 0 Å². The summed E-state index contributed by atoms with van der Waals surface area (Å²) in [5.74, 6) is 0.403. The van der Waals surface area contributed by atoms with Gasteiger partial charge in [-0.1, -0.05) is 13.8 Å². The minimum absolute atomic E-state index is 0.0475. The standard InChI is InChI=1S/C15H28N2O3/c1-11(2)9-13-15(19)17(10-14(18)16-13)7-5-6-8-20-12(3)4/h11-13H,5-10H2,1-4H3,(H,16,18). The van der Waals surface area contributed by atoms with Gasteiger partial charge in [0, 0.05) is 13.2 Å². The number of ether oxygens (including phenoxy) is 1. The van der Waals surface area contributed by atoms with Crippen LogP contribution in [0.15, 0.2) is 0 Å². The summed E-state index contributed by atoms with van der Waals surface area (Å²) in [6.45, 7) is 9.68. The maximum Gasteiger partial charge on any atom is 0.245 e. The molecular formula is C15H28N2O3. The molecule has 0 aromatic rings. The van der Waals surface area contributed by atoms with Gasteiger partial charge < -0.3 is 15.0 Å². The van der Waals surface area contributed by atoms with Crippen molar-refractivity contribution in [1.82, 2.24) is 10.2 Å². The number of nitrogens with one attached hydrogen (secondary N) is 1. The molecule has 1 rings (SSSR count). The zero-order valence-electron chi connectivity index (χ0n) is 13.1. The number of unbranched alkanes of at least 4 members (excludes halogenated alkanes) is 1. The lowest BCUT2D eigenvalue weighted by Crippen LogP contribution is -2.58. The number of amides is 2. The van der Waals surface area contributed by atoms with Crippen molar-refractivity contribution in [2.45, 2.75) is 59.1 Å². The second-order valence-corrected chi connectivity index (χ2v) is 6.14. The summed E-state index contributed by atoms with van der Waals surface area (Å²) in [5.41, 5.74) is 0. The molecule has 20 heavy (non-hydrogen) atoms. The second-order valence-electron chi connectivity index (χ2n) is 6.14. The van der Waals surface area contributed by atoms with E-state index in [1.807, 2.05) is 13.8 Å². The van der Waals surface area contributed by atoms with Gasteiger partial charge in [0.15, 0.2) is 0 Å². The minimum atomic E-state index is -0.344. The van der Waals surface area contributed by atoms with Crippen molar-refractivity contribution in [3.63, 3.8) is 0 Å². The molecule has 1 fully saturated rings. The molecule has 1 atom stereocenters. The molecule has 5 nitrogen and oxygen atoms in total. The molecule has 1 saturated heterocycles. The molecule has 0 spiro atoms. The predicted octanol–water partition coefficient (Wildman–Crippen LogP) is 1.56. The summed E-state index contributed by atoms with van der Waals surface area (Å²) in [4.78, 5) is 25.6. The van der Waals surface area contributed by atoms with Crippen molar-refractivity contribution in [2.24, 2.45) is 5.92 Å². The SMILES string of the molecule is CC(C)CC1NC(=O)CN(CCCCOC(C)C)C1=O. The third-order valence-corrected chi connectivity index (χ3v) is 3.26. The van der Waals surface area contributed by atoms with Crippen LogP contribution in [0.4, 0.5) is 0 Å². The van der Waals surface area contributed by atoms with E-state index in [0.29, 0.717) is 25.5 Å². The van der Waals surface area contributed by atoms with Crippen LogP contribution in [0.2, 0.25) is 0 Å². The van der Waals surface area contributed by atoms with Crippen molar-refractivity contribution in [3.05, 3.63) is 0 Å². The number of nitrogens with zero attached hydrogens (tertiary/aromatic N) is 1. The number of piperazine rings is 1. The maximum absolute atomic E-state index is 12.3. The van der Waals surface area contributed by atoms with Gasteiger partial charge in [-0.05, 0) is 39.0 Å². The lowest BCUT2D eigenvalue weighted by atomic mass is 10.0. The molecule has 1 aliphatic rings. The van der Waals surface area contributed by atoms with Gasteiger partial charge in [0.05, 0.1) is 12.6 Å². The number of carbonyl (C=O) groups excluding carboxylic acids is 2. The molecule has 5 heteroatoms. The van der Waals surface area contributed by atoms with Crippen LogP contribution in [0.1, 0.15) is 47.0 Å². The highest BCUT2D eigenvalue weighted by Gasteiger charge is 2.32. The largest absolute Gasteiger partial charge is 0.379 e. The fourth-order valence-electron chi connectivity index (χ4n) is 2.32. The Morgan fingerprint density at radius 1 is 1.25 bits per heavy atom. The topological polar surface area (TPSA) is 58.6 Å². The Kier molecular flexibility index (Phi) is 6.99. The summed E-state index contributed by atoms with van der Waals surface area (Å²) in [6, 6.07) is -0.344. The number of hydrogen-bond acceptors (Lipinski definition) is 3. The number of rotatable bonds is 8. The van der Waals surface area contributed by atoms with Crippen LogP contribution in [0, 0.1) is 5.92 Å². The maximum atomic E-state index is 12.3. The van der Waals surface area contributed by atoms with Crippen LogP contribution < -0.4 is 5.32 Å². The third-order valence-electron chi connectivity index (χ3n) is 3.26. The Hall–Kier alpha value is -1.10. The fraction of sp³-hybridized carbons (Fsp3) is 0.867. The van der Waals surface area contributed by atoms with Crippen LogP contribution in [-0.4, -0.2) is 48.6 Å². The van der Waals surface area contributed by atoms with E-state index in [9.17, 15) is 9.59 Å². The summed E-state index contributed by atoms with van der Waals surface area (Å²) in [7, 11) is 0. The highest BCUT2D eigenvalue weighted by atomic mass is 16.5. The average molecular weight is 284 g/mol. The molecule has 0 aromatic carbocycles. The lowest BCUT2D eigenvalue weighted by Gasteiger charge is -2.33. The van der Waals surface area contributed by atoms with E-state index < -0.39 is 0 Å². The molecule has 1 aliphatic heterocycles. The predicted molar refractivity (Wildman–Crippen MR) is 78.3 cm³/mol. The van der Waals surface area contributed by atoms with E-state index in [1.165, 1.54) is 0 Å². The van der Waals surface area contributed by atoms with Crippen molar-refractivity contribution in [3.8, 4) is 0 Å². The summed E-state index contributed by atoms with van der Waals surface area (Å²) in [5, 5.41) is 2.79. The first-order valence-corrected chi connectivity index (χ1v) is 7.60. The zero-order chi connectivity index (χ0) is 15.1. The Balaban J connectivity index is 2.36. The second kappa shape index (κ2) is 8.25. The van der Waals surface area contributed by atoms with Gasteiger partial charge in [-0.25, -0.2) is 0 Å². The average Bonchev–Trinajstić information content (AvgIpc) is 2.33. The smallest absolute Gasteiger partial charge is 0.245 e. The van der Waals surface area contributed by atoms with Crippen LogP contribution >= 0.6 is 0 Å². The van der Waals surface area contributed by atoms with Crippen LogP contribution in [0.5, 0.6) is 0 Å². The number of carbonyl (C=O) groups is 2. The normalized spacial score (nSPS) is 19.9. The Bertz CT molecular complexity index is 329. The van der Waals surface area contributed by atoms with Crippen molar-refractivity contribution in [2.75, 3.05) is 19.7 Å². The molecular weight excluding hydrogens is 256 g/mol. The van der Waals surface area contributed by atoms with Crippen LogP contribution in [-0.2, 0) is 14.3 Å². The van der Waals surface area contributed by atoms with Gasteiger partial charge >= 0.3 is 0 Å².